The van der Waals surface area contributed by atoms with E-state index < -0.39 is 22.3 Å². The normalized spacial score (nSPS) is 11.9. The Morgan fingerprint density at radius 2 is 2.19 bits per heavy atom. The summed E-state index contributed by atoms with van der Waals surface area (Å²) in [5.74, 6) is -1.29. The Labute approximate surface area is 161 Å². The smallest absolute Gasteiger partial charge is 0.286 e. The summed E-state index contributed by atoms with van der Waals surface area (Å²) < 4.78 is 21.4. The second-order valence-electron chi connectivity index (χ2n) is 5.45. The van der Waals surface area contributed by atoms with Crippen molar-refractivity contribution in [3.05, 3.63) is 67.7 Å². The SMILES string of the molecule is COCCn1c(=NC(=O)c2cc(Cl)ccc2[N+](=O)[O-])sc2cccc(F)c21. The Morgan fingerprint density at radius 3 is 2.89 bits per heavy atom. The maximum absolute atomic E-state index is 14.3. The molecule has 0 radical (unpaired) electrons. The molecular formula is C17H13ClFN3O4S. The van der Waals surface area contributed by atoms with Gasteiger partial charge in [-0.1, -0.05) is 29.0 Å². The molecule has 3 aromatic rings. The molecule has 0 unspecified atom stereocenters. The fourth-order valence-corrected chi connectivity index (χ4v) is 3.79. The fourth-order valence-electron chi connectivity index (χ4n) is 2.55. The summed E-state index contributed by atoms with van der Waals surface area (Å²) in [6.07, 6.45) is 0. The number of benzene rings is 2. The number of rotatable bonds is 5. The van der Waals surface area contributed by atoms with Gasteiger partial charge in [-0.15, -0.1) is 0 Å². The van der Waals surface area contributed by atoms with E-state index in [0.29, 0.717) is 10.2 Å². The minimum absolute atomic E-state index is 0.175. The van der Waals surface area contributed by atoms with Crippen molar-refractivity contribution in [1.82, 2.24) is 4.57 Å². The number of halogens is 2. The number of carbonyl (C=O) groups is 1. The van der Waals surface area contributed by atoms with Gasteiger partial charge in [-0.3, -0.25) is 14.9 Å². The molecule has 3 rings (SSSR count). The zero-order chi connectivity index (χ0) is 19.6. The second-order valence-corrected chi connectivity index (χ2v) is 6.90. The first-order chi connectivity index (χ1) is 12.9. The van der Waals surface area contributed by atoms with E-state index in [1.54, 1.807) is 12.1 Å². The van der Waals surface area contributed by atoms with Crippen LogP contribution in [0.25, 0.3) is 10.2 Å². The maximum Gasteiger partial charge on any atom is 0.286 e. The molecule has 0 saturated heterocycles. The topological polar surface area (TPSA) is 86.7 Å². The molecule has 0 N–H and O–H groups in total. The predicted molar refractivity (Wildman–Crippen MR) is 99.6 cm³/mol. The number of nitrogens with zero attached hydrogens (tertiary/aromatic N) is 3. The van der Waals surface area contributed by atoms with Crippen LogP contribution in [0.3, 0.4) is 0 Å². The third kappa shape index (κ3) is 3.90. The lowest BCUT2D eigenvalue weighted by Crippen LogP contribution is -2.20. The van der Waals surface area contributed by atoms with Crippen molar-refractivity contribution in [3.8, 4) is 0 Å². The van der Waals surface area contributed by atoms with E-state index in [4.69, 9.17) is 16.3 Å². The number of ether oxygens (including phenoxy) is 1. The summed E-state index contributed by atoms with van der Waals surface area (Å²) >= 11 is 6.98. The van der Waals surface area contributed by atoms with Gasteiger partial charge < -0.3 is 9.30 Å². The van der Waals surface area contributed by atoms with Gasteiger partial charge in [-0.2, -0.15) is 4.99 Å². The molecule has 140 valence electrons. The van der Waals surface area contributed by atoms with Crippen LogP contribution in [-0.2, 0) is 11.3 Å². The number of nitro benzene ring substituents is 1. The number of hydrogen-bond donors (Lipinski definition) is 0. The first kappa shape index (κ1) is 19.2. The first-order valence-corrected chi connectivity index (χ1v) is 8.91. The van der Waals surface area contributed by atoms with Gasteiger partial charge in [0.05, 0.1) is 21.7 Å². The molecule has 0 atom stereocenters. The number of para-hydroxylation sites is 1. The molecular weight excluding hydrogens is 397 g/mol. The Bertz CT molecular complexity index is 1110. The number of methoxy groups -OCH3 is 1. The lowest BCUT2D eigenvalue weighted by molar-refractivity contribution is -0.385. The average molecular weight is 410 g/mol. The largest absolute Gasteiger partial charge is 0.383 e. The summed E-state index contributed by atoms with van der Waals surface area (Å²) in [6.45, 7) is 0.542. The van der Waals surface area contributed by atoms with Gasteiger partial charge in [0.15, 0.2) is 4.80 Å². The van der Waals surface area contributed by atoms with Crippen molar-refractivity contribution in [2.45, 2.75) is 6.54 Å². The zero-order valence-corrected chi connectivity index (χ0v) is 15.6. The Morgan fingerprint density at radius 1 is 1.41 bits per heavy atom. The number of carbonyl (C=O) groups excluding carboxylic acids is 1. The number of amides is 1. The monoisotopic (exact) mass is 409 g/mol. The van der Waals surface area contributed by atoms with Gasteiger partial charge in [0.1, 0.15) is 11.4 Å². The predicted octanol–water partition coefficient (Wildman–Crippen LogP) is 3.79. The molecule has 2 aromatic carbocycles. The van der Waals surface area contributed by atoms with Gasteiger partial charge >= 0.3 is 0 Å². The molecule has 0 aliphatic heterocycles. The van der Waals surface area contributed by atoms with Crippen LogP contribution in [0, 0.1) is 15.9 Å². The van der Waals surface area contributed by atoms with Crippen molar-refractivity contribution in [1.29, 1.82) is 0 Å². The lowest BCUT2D eigenvalue weighted by Gasteiger charge is -2.05. The van der Waals surface area contributed by atoms with E-state index in [1.807, 2.05) is 0 Å². The van der Waals surface area contributed by atoms with Crippen molar-refractivity contribution in [3.63, 3.8) is 0 Å². The number of thiazole rings is 1. The molecule has 27 heavy (non-hydrogen) atoms. The summed E-state index contributed by atoms with van der Waals surface area (Å²) in [4.78, 5) is 27.3. The van der Waals surface area contributed by atoms with Gasteiger partial charge in [-0.05, 0) is 24.3 Å². The van der Waals surface area contributed by atoms with Crippen molar-refractivity contribution in [2.24, 2.45) is 4.99 Å². The van der Waals surface area contributed by atoms with Crippen LogP contribution in [-0.4, -0.2) is 29.1 Å². The van der Waals surface area contributed by atoms with Crippen LogP contribution < -0.4 is 4.80 Å². The summed E-state index contributed by atoms with van der Waals surface area (Å²) in [7, 11) is 1.50. The first-order valence-electron chi connectivity index (χ1n) is 7.72. The number of hydrogen-bond acceptors (Lipinski definition) is 5. The third-order valence-corrected chi connectivity index (χ3v) is 5.03. The molecule has 1 heterocycles. The average Bonchev–Trinajstić information content (AvgIpc) is 2.97. The molecule has 0 aliphatic rings. The Kier molecular flexibility index (Phi) is 5.64. The fraction of sp³-hybridized carbons (Fsp3) is 0.176. The molecule has 0 spiro atoms. The van der Waals surface area contributed by atoms with Crippen LogP contribution in [0.1, 0.15) is 10.4 Å². The highest BCUT2D eigenvalue weighted by Gasteiger charge is 2.21. The van der Waals surface area contributed by atoms with Crippen LogP contribution in [0.4, 0.5) is 10.1 Å². The van der Waals surface area contributed by atoms with Gasteiger partial charge in [-0.25, -0.2) is 4.39 Å². The van der Waals surface area contributed by atoms with Crippen molar-refractivity contribution in [2.75, 3.05) is 13.7 Å². The molecule has 0 saturated carbocycles. The highest BCUT2D eigenvalue weighted by molar-refractivity contribution is 7.16. The van der Waals surface area contributed by atoms with Crippen molar-refractivity contribution < 1.29 is 18.8 Å². The van der Waals surface area contributed by atoms with Crippen LogP contribution >= 0.6 is 22.9 Å². The lowest BCUT2D eigenvalue weighted by atomic mass is 10.2. The number of aromatic nitrogens is 1. The molecule has 0 fully saturated rings. The van der Waals surface area contributed by atoms with E-state index in [1.165, 1.54) is 29.9 Å². The molecule has 0 aliphatic carbocycles. The minimum atomic E-state index is -0.831. The molecule has 7 nitrogen and oxygen atoms in total. The second kappa shape index (κ2) is 7.95. The molecule has 1 aromatic heterocycles. The Hall–Kier alpha value is -2.62. The summed E-state index contributed by atoms with van der Waals surface area (Å²) in [6, 6.07) is 8.24. The quantitative estimate of drug-likeness (QED) is 0.474. The zero-order valence-electron chi connectivity index (χ0n) is 14.0. The van der Waals surface area contributed by atoms with Crippen LogP contribution in [0.15, 0.2) is 41.4 Å². The Balaban J connectivity index is 2.19. The maximum atomic E-state index is 14.3. The molecule has 10 heteroatoms. The van der Waals surface area contributed by atoms with Crippen molar-refractivity contribution >= 4 is 44.7 Å². The third-order valence-electron chi connectivity index (χ3n) is 3.75. The van der Waals surface area contributed by atoms with Gasteiger partial charge in [0, 0.05) is 24.7 Å². The minimum Gasteiger partial charge on any atom is -0.383 e. The van der Waals surface area contributed by atoms with Crippen LogP contribution in [0.2, 0.25) is 5.02 Å². The highest BCUT2D eigenvalue weighted by atomic mass is 35.5. The molecule has 1 amide bonds. The number of nitro groups is 1. The van der Waals surface area contributed by atoms with E-state index in [-0.39, 0.29) is 28.5 Å². The highest BCUT2D eigenvalue weighted by Crippen LogP contribution is 2.24. The standard InChI is InChI=1S/C17H13ClFN3O4S/c1-26-8-7-21-15-12(19)3-2-4-14(15)27-17(21)20-16(23)11-9-10(18)5-6-13(11)22(24)25/h2-6,9H,7-8H2,1H3. The van der Waals surface area contributed by atoms with E-state index in [2.05, 4.69) is 4.99 Å². The van der Waals surface area contributed by atoms with Gasteiger partial charge in [0.25, 0.3) is 11.6 Å². The number of fused-ring (bicyclic) bond motifs is 1. The summed E-state index contributed by atoms with van der Waals surface area (Å²) in [5, 5.41) is 11.4. The summed E-state index contributed by atoms with van der Waals surface area (Å²) in [5.41, 5.74) is -0.334. The van der Waals surface area contributed by atoms with E-state index >= 15 is 0 Å². The van der Waals surface area contributed by atoms with E-state index in [9.17, 15) is 19.3 Å². The van der Waals surface area contributed by atoms with Gasteiger partial charge in [0.2, 0.25) is 0 Å². The molecule has 0 bridgehead atoms. The van der Waals surface area contributed by atoms with E-state index in [0.717, 1.165) is 17.4 Å². The van der Waals surface area contributed by atoms with Crippen LogP contribution in [0.5, 0.6) is 0 Å².